The van der Waals surface area contributed by atoms with Gasteiger partial charge >= 0.3 is 0 Å². The van der Waals surface area contributed by atoms with Crippen LogP contribution in [0.2, 0.25) is 0 Å². The molecule has 0 aliphatic carbocycles. The lowest BCUT2D eigenvalue weighted by atomic mass is 10.2. The second kappa shape index (κ2) is 9.92. The molecule has 8 heteroatoms. The van der Waals surface area contributed by atoms with E-state index in [0.29, 0.717) is 26.2 Å². The number of nitro benzene ring substituents is 1. The van der Waals surface area contributed by atoms with Gasteiger partial charge in [0.25, 0.3) is 11.6 Å². The van der Waals surface area contributed by atoms with Gasteiger partial charge in [-0.25, -0.2) is 0 Å². The number of ether oxygens (including phenoxy) is 1. The largest absolute Gasteiger partial charge is 0.382 e. The Labute approximate surface area is 133 Å². The van der Waals surface area contributed by atoms with Crippen LogP contribution in [-0.2, 0) is 9.53 Å². The number of carbonyl (C=O) groups excluding carboxylic acids is 1. The maximum absolute atomic E-state index is 11.8. The van der Waals surface area contributed by atoms with Crippen LogP contribution in [0.15, 0.2) is 36.0 Å². The number of amides is 1. The third kappa shape index (κ3) is 6.15. The average molecular weight is 318 g/mol. The molecule has 1 aromatic carbocycles. The first kappa shape index (κ1) is 18.1. The van der Waals surface area contributed by atoms with Gasteiger partial charge in [0.1, 0.15) is 17.3 Å². The lowest BCUT2D eigenvalue weighted by Crippen LogP contribution is -2.26. The van der Waals surface area contributed by atoms with Crippen LogP contribution in [0.25, 0.3) is 0 Å². The van der Waals surface area contributed by atoms with Gasteiger partial charge in [0.15, 0.2) is 0 Å². The molecule has 0 atom stereocenters. The summed E-state index contributed by atoms with van der Waals surface area (Å²) in [5.41, 5.74) is -0.105. The second-order valence-corrected chi connectivity index (χ2v) is 4.39. The first-order valence-electron chi connectivity index (χ1n) is 7.06. The second-order valence-electron chi connectivity index (χ2n) is 4.39. The Kier molecular flexibility index (Phi) is 7.82. The summed E-state index contributed by atoms with van der Waals surface area (Å²) < 4.78 is 5.14. The van der Waals surface area contributed by atoms with Crippen molar-refractivity contribution in [2.75, 3.05) is 25.1 Å². The number of para-hydroxylation sites is 2. The van der Waals surface area contributed by atoms with Gasteiger partial charge in [-0.1, -0.05) is 12.1 Å². The fraction of sp³-hybridized carbons (Fsp3) is 0.333. The fourth-order valence-electron chi connectivity index (χ4n) is 1.67. The Morgan fingerprint density at radius 3 is 2.87 bits per heavy atom. The van der Waals surface area contributed by atoms with Gasteiger partial charge in [-0.3, -0.25) is 14.9 Å². The molecule has 0 bridgehead atoms. The lowest BCUT2D eigenvalue weighted by Gasteiger charge is -2.05. The summed E-state index contributed by atoms with van der Waals surface area (Å²) in [5, 5.41) is 25.1. The molecule has 0 spiro atoms. The van der Waals surface area contributed by atoms with Crippen LogP contribution in [0.1, 0.15) is 13.3 Å². The molecule has 1 rings (SSSR count). The molecule has 0 aliphatic heterocycles. The van der Waals surface area contributed by atoms with Gasteiger partial charge in [-0.2, -0.15) is 5.26 Å². The van der Waals surface area contributed by atoms with Crippen molar-refractivity contribution in [1.29, 1.82) is 5.26 Å². The molecule has 122 valence electrons. The fourth-order valence-corrected chi connectivity index (χ4v) is 1.67. The number of nitrogens with zero attached hydrogens (tertiary/aromatic N) is 2. The minimum absolute atomic E-state index is 0.141. The van der Waals surface area contributed by atoms with Crippen molar-refractivity contribution >= 4 is 17.3 Å². The van der Waals surface area contributed by atoms with Gasteiger partial charge in [0.2, 0.25) is 0 Å². The van der Waals surface area contributed by atoms with E-state index in [-0.39, 0.29) is 16.9 Å². The van der Waals surface area contributed by atoms with E-state index in [1.54, 1.807) is 12.1 Å². The molecule has 1 aromatic rings. The van der Waals surface area contributed by atoms with Crippen molar-refractivity contribution in [1.82, 2.24) is 5.32 Å². The molecule has 8 nitrogen and oxygen atoms in total. The highest BCUT2D eigenvalue weighted by atomic mass is 16.6. The average Bonchev–Trinajstić information content (AvgIpc) is 2.55. The number of hydrogen-bond donors (Lipinski definition) is 2. The number of hydrogen-bond acceptors (Lipinski definition) is 6. The minimum Gasteiger partial charge on any atom is -0.382 e. The topological polar surface area (TPSA) is 117 Å². The summed E-state index contributed by atoms with van der Waals surface area (Å²) in [6, 6.07) is 7.72. The van der Waals surface area contributed by atoms with Crippen molar-refractivity contribution in [3.63, 3.8) is 0 Å². The van der Waals surface area contributed by atoms with E-state index in [2.05, 4.69) is 10.6 Å². The summed E-state index contributed by atoms with van der Waals surface area (Å²) in [6.45, 7) is 3.39. The van der Waals surface area contributed by atoms with Crippen LogP contribution < -0.4 is 10.6 Å². The molecule has 1 amide bonds. The van der Waals surface area contributed by atoms with Gasteiger partial charge in [-0.05, 0) is 19.4 Å². The molecule has 0 aromatic heterocycles. The van der Waals surface area contributed by atoms with E-state index in [4.69, 9.17) is 10.00 Å². The van der Waals surface area contributed by atoms with Crippen LogP contribution in [-0.4, -0.2) is 30.6 Å². The Balaban J connectivity index is 2.64. The number of benzene rings is 1. The van der Waals surface area contributed by atoms with E-state index in [9.17, 15) is 14.9 Å². The van der Waals surface area contributed by atoms with Crippen LogP contribution >= 0.6 is 0 Å². The Morgan fingerprint density at radius 1 is 1.48 bits per heavy atom. The zero-order valence-corrected chi connectivity index (χ0v) is 12.7. The molecule has 0 fully saturated rings. The number of nitrogens with one attached hydrogen (secondary N) is 2. The van der Waals surface area contributed by atoms with E-state index >= 15 is 0 Å². The highest BCUT2D eigenvalue weighted by molar-refractivity contribution is 5.97. The van der Waals surface area contributed by atoms with Crippen molar-refractivity contribution in [2.45, 2.75) is 13.3 Å². The normalized spacial score (nSPS) is 10.7. The van der Waals surface area contributed by atoms with E-state index in [1.807, 2.05) is 6.92 Å². The first-order chi connectivity index (χ1) is 11.1. The summed E-state index contributed by atoms with van der Waals surface area (Å²) in [4.78, 5) is 22.2. The van der Waals surface area contributed by atoms with Crippen LogP contribution in [0, 0.1) is 21.4 Å². The zero-order chi connectivity index (χ0) is 17.1. The third-order valence-corrected chi connectivity index (χ3v) is 2.79. The Hall–Kier alpha value is -2.92. The summed E-state index contributed by atoms with van der Waals surface area (Å²) in [7, 11) is 0. The van der Waals surface area contributed by atoms with Crippen LogP contribution in [0.4, 0.5) is 11.4 Å². The number of nitro groups is 1. The number of anilines is 1. The SMILES string of the molecule is CCOCCCNC(=O)/C(C#N)=C\Nc1ccccc1[N+](=O)[O-]. The monoisotopic (exact) mass is 318 g/mol. The highest BCUT2D eigenvalue weighted by Gasteiger charge is 2.13. The van der Waals surface area contributed by atoms with Crippen molar-refractivity contribution in [3.05, 3.63) is 46.2 Å². The van der Waals surface area contributed by atoms with E-state index < -0.39 is 10.8 Å². The number of rotatable bonds is 9. The highest BCUT2D eigenvalue weighted by Crippen LogP contribution is 2.23. The molecule has 0 unspecified atom stereocenters. The van der Waals surface area contributed by atoms with Crippen LogP contribution in [0.3, 0.4) is 0 Å². The molecule has 0 saturated heterocycles. The van der Waals surface area contributed by atoms with Gasteiger partial charge in [0.05, 0.1) is 4.92 Å². The van der Waals surface area contributed by atoms with E-state index in [0.717, 1.165) is 6.20 Å². The first-order valence-corrected chi connectivity index (χ1v) is 7.06. The Morgan fingerprint density at radius 2 is 2.22 bits per heavy atom. The number of carbonyl (C=O) groups is 1. The number of nitriles is 1. The molecule has 0 heterocycles. The third-order valence-electron chi connectivity index (χ3n) is 2.79. The van der Waals surface area contributed by atoms with Gasteiger partial charge < -0.3 is 15.4 Å². The zero-order valence-electron chi connectivity index (χ0n) is 12.7. The quantitative estimate of drug-likeness (QED) is 0.236. The smallest absolute Gasteiger partial charge is 0.292 e. The molecule has 23 heavy (non-hydrogen) atoms. The van der Waals surface area contributed by atoms with Gasteiger partial charge in [0, 0.05) is 32.0 Å². The molecule has 0 aliphatic rings. The predicted molar refractivity (Wildman–Crippen MR) is 84.5 cm³/mol. The Bertz CT molecular complexity index is 622. The predicted octanol–water partition coefficient (Wildman–Crippen LogP) is 1.96. The summed E-state index contributed by atoms with van der Waals surface area (Å²) in [5.74, 6) is -0.546. The molecule has 0 radical (unpaired) electrons. The standard InChI is InChI=1S/C15H18N4O4/c1-2-23-9-5-8-17-15(20)12(10-16)11-18-13-6-3-4-7-14(13)19(21)22/h3-4,6-7,11,18H,2,5,8-9H2,1H3,(H,17,20)/b12-11-. The van der Waals surface area contributed by atoms with Crippen molar-refractivity contribution < 1.29 is 14.5 Å². The van der Waals surface area contributed by atoms with Gasteiger partial charge in [-0.15, -0.1) is 0 Å². The minimum atomic E-state index is -0.546. The molecular weight excluding hydrogens is 300 g/mol. The maximum Gasteiger partial charge on any atom is 0.292 e. The lowest BCUT2D eigenvalue weighted by molar-refractivity contribution is -0.383. The molecular formula is C15H18N4O4. The summed E-state index contributed by atoms with van der Waals surface area (Å²) in [6.07, 6.45) is 1.79. The summed E-state index contributed by atoms with van der Waals surface area (Å²) >= 11 is 0. The van der Waals surface area contributed by atoms with Crippen LogP contribution in [0.5, 0.6) is 0 Å². The molecule has 2 N–H and O–H groups in total. The molecule has 0 saturated carbocycles. The van der Waals surface area contributed by atoms with Crippen molar-refractivity contribution in [3.8, 4) is 6.07 Å². The van der Waals surface area contributed by atoms with Crippen molar-refractivity contribution in [2.24, 2.45) is 0 Å². The maximum atomic E-state index is 11.8. The van der Waals surface area contributed by atoms with E-state index in [1.165, 1.54) is 18.2 Å².